The third-order valence-corrected chi connectivity index (χ3v) is 3.76. The Morgan fingerprint density at radius 1 is 1.24 bits per heavy atom. The van der Waals surface area contributed by atoms with Crippen LogP contribution >= 0.6 is 11.5 Å². The largest absolute Gasteiger partial charge is 0.293 e. The van der Waals surface area contributed by atoms with Gasteiger partial charge in [0, 0.05) is 6.42 Å². The monoisotopic (exact) mass is 246 g/mol. The van der Waals surface area contributed by atoms with E-state index in [1.807, 2.05) is 39.0 Å². The van der Waals surface area contributed by atoms with E-state index < -0.39 is 0 Å². The Morgan fingerprint density at radius 3 is 2.41 bits per heavy atom. The fourth-order valence-electron chi connectivity index (χ4n) is 1.86. The molecule has 2 rings (SSSR count). The fourth-order valence-corrected chi connectivity index (χ4v) is 2.45. The van der Waals surface area contributed by atoms with E-state index in [-0.39, 0.29) is 5.78 Å². The molecule has 0 spiro atoms. The van der Waals surface area contributed by atoms with Crippen LogP contribution in [0.4, 0.5) is 0 Å². The molecule has 2 aromatic rings. The Labute approximate surface area is 105 Å². The van der Waals surface area contributed by atoms with Crippen LogP contribution in [0.15, 0.2) is 18.2 Å². The highest BCUT2D eigenvalue weighted by atomic mass is 32.1. The van der Waals surface area contributed by atoms with Gasteiger partial charge in [0.25, 0.3) is 0 Å². The maximum Gasteiger partial charge on any atom is 0.180 e. The lowest BCUT2D eigenvalue weighted by Gasteiger charge is -2.07. The van der Waals surface area contributed by atoms with Crippen LogP contribution in [0.3, 0.4) is 0 Å². The quantitative estimate of drug-likeness (QED) is 0.782. The van der Waals surface area contributed by atoms with Crippen molar-refractivity contribution in [3.63, 3.8) is 0 Å². The van der Waals surface area contributed by atoms with Crippen LogP contribution in [0.25, 0.3) is 0 Å². The topological polar surface area (TPSA) is 42.9 Å². The smallest absolute Gasteiger partial charge is 0.180 e. The van der Waals surface area contributed by atoms with Crippen LogP contribution < -0.4 is 0 Å². The summed E-state index contributed by atoms with van der Waals surface area (Å²) < 4.78 is 3.80. The average Bonchev–Trinajstić information content (AvgIpc) is 2.70. The molecular formula is C13H14N2OS. The molecule has 0 aliphatic heterocycles. The van der Waals surface area contributed by atoms with Crippen molar-refractivity contribution in [3.05, 3.63) is 45.5 Å². The summed E-state index contributed by atoms with van der Waals surface area (Å²) in [5.41, 5.74) is 4.17. The number of hydrogen-bond donors (Lipinski definition) is 0. The molecule has 88 valence electrons. The van der Waals surface area contributed by atoms with Crippen molar-refractivity contribution in [2.75, 3.05) is 0 Å². The molecule has 0 saturated carbocycles. The third kappa shape index (κ3) is 2.42. The zero-order valence-electron chi connectivity index (χ0n) is 10.2. The predicted octanol–water partition coefficient (Wildman–Crippen LogP) is 2.89. The first-order valence-electron chi connectivity index (χ1n) is 5.47. The van der Waals surface area contributed by atoms with E-state index in [9.17, 15) is 4.79 Å². The first-order valence-corrected chi connectivity index (χ1v) is 6.24. The molecule has 3 nitrogen and oxygen atoms in total. The molecule has 0 radical (unpaired) electrons. The van der Waals surface area contributed by atoms with Gasteiger partial charge < -0.3 is 0 Å². The lowest BCUT2D eigenvalue weighted by Crippen LogP contribution is -2.06. The molecule has 17 heavy (non-hydrogen) atoms. The predicted molar refractivity (Wildman–Crippen MR) is 68.6 cm³/mol. The summed E-state index contributed by atoms with van der Waals surface area (Å²) in [5.74, 6) is 0.106. The number of carbonyl (C=O) groups is 1. The molecule has 0 atom stereocenters. The number of carbonyl (C=O) groups excluding carboxylic acids is 1. The number of nitrogens with zero attached hydrogens (tertiary/aromatic N) is 2. The van der Waals surface area contributed by atoms with Crippen molar-refractivity contribution in [3.8, 4) is 0 Å². The summed E-state index contributed by atoms with van der Waals surface area (Å²) in [4.78, 5) is 12.8. The van der Waals surface area contributed by atoms with Crippen molar-refractivity contribution >= 4 is 17.3 Å². The van der Waals surface area contributed by atoms with E-state index in [2.05, 4.69) is 9.59 Å². The Balaban J connectivity index is 2.28. The number of benzene rings is 1. The molecule has 0 amide bonds. The Bertz CT molecular complexity index is 540. The highest BCUT2D eigenvalue weighted by Crippen LogP contribution is 2.18. The third-order valence-electron chi connectivity index (χ3n) is 2.89. The zero-order chi connectivity index (χ0) is 12.4. The second kappa shape index (κ2) is 4.75. The molecule has 1 aromatic carbocycles. The number of aromatic nitrogens is 2. The zero-order valence-corrected chi connectivity index (χ0v) is 11.0. The number of ketones is 1. The molecule has 0 fully saturated rings. The van der Waals surface area contributed by atoms with Gasteiger partial charge in [-0.2, -0.15) is 0 Å². The van der Waals surface area contributed by atoms with Crippen LogP contribution in [0.1, 0.15) is 32.1 Å². The van der Waals surface area contributed by atoms with Gasteiger partial charge in [0.15, 0.2) is 5.78 Å². The Kier molecular flexibility index (Phi) is 3.33. The van der Waals surface area contributed by atoms with Crippen LogP contribution in [0.5, 0.6) is 0 Å². The minimum Gasteiger partial charge on any atom is -0.293 e. The number of hydrogen-bond acceptors (Lipinski definition) is 4. The molecule has 1 aromatic heterocycles. The van der Waals surface area contributed by atoms with Gasteiger partial charge in [0.2, 0.25) is 0 Å². The maximum absolute atomic E-state index is 12.1. The van der Waals surface area contributed by atoms with E-state index in [1.54, 1.807) is 0 Å². The molecule has 0 saturated heterocycles. The lowest BCUT2D eigenvalue weighted by molar-refractivity contribution is 0.0995. The highest BCUT2D eigenvalue weighted by Gasteiger charge is 2.15. The van der Waals surface area contributed by atoms with Gasteiger partial charge in [-0.15, -0.1) is 5.10 Å². The summed E-state index contributed by atoms with van der Waals surface area (Å²) in [6.07, 6.45) is 0.434. The SMILES string of the molecule is Cc1cccc(C)c1CC(=O)c1snnc1C. The summed E-state index contributed by atoms with van der Waals surface area (Å²) in [6.45, 7) is 5.89. The van der Waals surface area contributed by atoms with Gasteiger partial charge in [-0.05, 0) is 49.0 Å². The number of rotatable bonds is 3. The van der Waals surface area contributed by atoms with Crippen LogP contribution in [0, 0.1) is 20.8 Å². The van der Waals surface area contributed by atoms with Gasteiger partial charge in [0.05, 0.1) is 5.69 Å². The number of Topliss-reactive ketones (excluding diaryl/α,β-unsaturated/α-hetero) is 1. The highest BCUT2D eigenvalue weighted by molar-refractivity contribution is 7.08. The van der Waals surface area contributed by atoms with Crippen molar-refractivity contribution in [2.45, 2.75) is 27.2 Å². The van der Waals surface area contributed by atoms with Crippen LogP contribution in [-0.2, 0) is 6.42 Å². The molecule has 4 heteroatoms. The van der Waals surface area contributed by atoms with Gasteiger partial charge in [-0.1, -0.05) is 22.7 Å². The first-order chi connectivity index (χ1) is 8.09. The average molecular weight is 246 g/mol. The summed E-state index contributed by atoms with van der Waals surface area (Å²) in [7, 11) is 0. The van der Waals surface area contributed by atoms with E-state index >= 15 is 0 Å². The fraction of sp³-hybridized carbons (Fsp3) is 0.308. The summed E-state index contributed by atoms with van der Waals surface area (Å²) in [5, 5.41) is 3.87. The first kappa shape index (κ1) is 11.9. The van der Waals surface area contributed by atoms with Crippen LogP contribution in [-0.4, -0.2) is 15.4 Å². The van der Waals surface area contributed by atoms with Crippen molar-refractivity contribution in [1.29, 1.82) is 0 Å². The summed E-state index contributed by atoms with van der Waals surface area (Å²) in [6, 6.07) is 6.08. The van der Waals surface area contributed by atoms with Crippen molar-refractivity contribution in [1.82, 2.24) is 9.59 Å². The van der Waals surface area contributed by atoms with Gasteiger partial charge in [0.1, 0.15) is 4.88 Å². The lowest BCUT2D eigenvalue weighted by atomic mass is 9.97. The molecule has 0 aliphatic carbocycles. The minimum atomic E-state index is 0.106. The van der Waals surface area contributed by atoms with Crippen molar-refractivity contribution < 1.29 is 4.79 Å². The van der Waals surface area contributed by atoms with Crippen LogP contribution in [0.2, 0.25) is 0 Å². The minimum absolute atomic E-state index is 0.106. The second-order valence-electron chi connectivity index (χ2n) is 4.16. The van der Waals surface area contributed by atoms with Crippen molar-refractivity contribution in [2.24, 2.45) is 0 Å². The van der Waals surface area contributed by atoms with E-state index in [4.69, 9.17) is 0 Å². The van der Waals surface area contributed by atoms with E-state index in [0.29, 0.717) is 11.3 Å². The maximum atomic E-state index is 12.1. The molecule has 1 heterocycles. The van der Waals surface area contributed by atoms with E-state index in [1.165, 1.54) is 11.5 Å². The molecule has 0 aliphatic rings. The standard InChI is InChI=1S/C13H14N2OS/c1-8-5-4-6-9(2)11(8)7-12(16)13-10(3)14-15-17-13/h4-6H,7H2,1-3H3. The molecule has 0 bridgehead atoms. The summed E-state index contributed by atoms with van der Waals surface area (Å²) >= 11 is 1.18. The number of aryl methyl sites for hydroxylation is 3. The Hall–Kier alpha value is -1.55. The molecular weight excluding hydrogens is 232 g/mol. The van der Waals surface area contributed by atoms with E-state index in [0.717, 1.165) is 22.4 Å². The van der Waals surface area contributed by atoms with Gasteiger partial charge in [-0.3, -0.25) is 4.79 Å². The molecule has 0 unspecified atom stereocenters. The van der Waals surface area contributed by atoms with Gasteiger partial charge in [-0.25, -0.2) is 0 Å². The van der Waals surface area contributed by atoms with Gasteiger partial charge >= 0.3 is 0 Å². The molecule has 0 N–H and O–H groups in total. The Morgan fingerprint density at radius 2 is 1.88 bits per heavy atom. The normalized spacial score (nSPS) is 10.5. The second-order valence-corrected chi connectivity index (χ2v) is 4.91.